The smallest absolute Gasteiger partial charge is 0.0716 e. The van der Waals surface area contributed by atoms with Crippen LogP contribution in [0.5, 0.6) is 0 Å². The molecule has 1 nitrogen and oxygen atoms in total. The summed E-state index contributed by atoms with van der Waals surface area (Å²) < 4.78 is 5.62. The van der Waals surface area contributed by atoms with Crippen LogP contribution in [0, 0.1) is 11.8 Å². The molecule has 0 saturated carbocycles. The Morgan fingerprint density at radius 3 is 2.39 bits per heavy atom. The summed E-state index contributed by atoms with van der Waals surface area (Å²) >= 11 is 0. The molecule has 1 aromatic rings. The SMILES string of the molecule is CCCCC#CCCCCOCc1ccccc1. The Morgan fingerprint density at radius 1 is 0.944 bits per heavy atom. The number of unbranched alkanes of at least 4 members (excludes halogenated alkanes) is 4. The third kappa shape index (κ3) is 7.92. The van der Waals surface area contributed by atoms with E-state index in [0.717, 1.165) is 38.9 Å². The molecule has 1 heteroatoms. The lowest BCUT2D eigenvalue weighted by Gasteiger charge is -2.03. The fourth-order valence-corrected chi connectivity index (χ4v) is 1.62. The highest BCUT2D eigenvalue weighted by atomic mass is 16.5. The van der Waals surface area contributed by atoms with Crippen molar-refractivity contribution in [3.05, 3.63) is 35.9 Å². The molecule has 0 radical (unpaired) electrons. The maximum atomic E-state index is 5.62. The Balaban J connectivity index is 1.91. The Morgan fingerprint density at radius 2 is 1.67 bits per heavy atom. The Kier molecular flexibility index (Phi) is 8.93. The molecule has 0 aliphatic carbocycles. The highest BCUT2D eigenvalue weighted by molar-refractivity contribution is 5.13. The third-order valence-corrected chi connectivity index (χ3v) is 2.73. The lowest BCUT2D eigenvalue weighted by Crippen LogP contribution is -1.95. The van der Waals surface area contributed by atoms with Gasteiger partial charge in [-0.05, 0) is 24.8 Å². The molecule has 0 unspecified atom stereocenters. The topological polar surface area (TPSA) is 9.23 Å². The molecule has 0 aromatic heterocycles. The Bertz CT molecular complexity index is 345. The molecule has 0 saturated heterocycles. The van der Waals surface area contributed by atoms with E-state index < -0.39 is 0 Å². The van der Waals surface area contributed by atoms with Gasteiger partial charge in [-0.2, -0.15) is 0 Å². The Labute approximate surface area is 112 Å². The van der Waals surface area contributed by atoms with E-state index in [1.807, 2.05) is 18.2 Å². The molecule has 1 rings (SSSR count). The minimum atomic E-state index is 0.725. The van der Waals surface area contributed by atoms with Crippen molar-refractivity contribution < 1.29 is 4.74 Å². The minimum Gasteiger partial charge on any atom is -0.377 e. The van der Waals surface area contributed by atoms with Crippen LogP contribution >= 0.6 is 0 Å². The van der Waals surface area contributed by atoms with Crippen LogP contribution in [0.4, 0.5) is 0 Å². The largest absolute Gasteiger partial charge is 0.377 e. The standard InChI is InChI=1S/C17H24O/c1-2-3-4-5-6-7-8-12-15-18-16-17-13-10-9-11-14-17/h9-11,13-14H,2-4,7-8,12,15-16H2,1H3. The Hall–Kier alpha value is -1.26. The summed E-state index contributed by atoms with van der Waals surface area (Å²) in [5.41, 5.74) is 1.25. The first kappa shape index (κ1) is 14.8. The molecule has 0 aliphatic heterocycles. The summed E-state index contributed by atoms with van der Waals surface area (Å²) in [5.74, 6) is 6.44. The first-order chi connectivity index (χ1) is 8.93. The van der Waals surface area contributed by atoms with E-state index >= 15 is 0 Å². The van der Waals surface area contributed by atoms with Gasteiger partial charge in [-0.3, -0.25) is 0 Å². The predicted octanol–water partition coefficient (Wildman–Crippen LogP) is 4.57. The van der Waals surface area contributed by atoms with Gasteiger partial charge in [-0.1, -0.05) is 43.7 Å². The highest BCUT2D eigenvalue weighted by Crippen LogP contribution is 2.02. The van der Waals surface area contributed by atoms with Gasteiger partial charge in [0.1, 0.15) is 0 Å². The molecule has 18 heavy (non-hydrogen) atoms. The van der Waals surface area contributed by atoms with Crippen LogP contribution < -0.4 is 0 Å². The highest BCUT2D eigenvalue weighted by Gasteiger charge is 1.91. The molecule has 0 atom stereocenters. The zero-order valence-corrected chi connectivity index (χ0v) is 11.5. The van der Waals surface area contributed by atoms with Crippen molar-refractivity contribution in [2.75, 3.05) is 6.61 Å². The van der Waals surface area contributed by atoms with Gasteiger partial charge in [0, 0.05) is 19.4 Å². The normalized spacial score (nSPS) is 9.83. The number of benzene rings is 1. The van der Waals surface area contributed by atoms with Gasteiger partial charge >= 0.3 is 0 Å². The van der Waals surface area contributed by atoms with Crippen LogP contribution in [0.1, 0.15) is 51.0 Å². The van der Waals surface area contributed by atoms with Gasteiger partial charge in [0.05, 0.1) is 6.61 Å². The van der Waals surface area contributed by atoms with E-state index in [1.54, 1.807) is 0 Å². The number of hydrogen-bond acceptors (Lipinski definition) is 1. The molecule has 0 amide bonds. The molecule has 1 aromatic carbocycles. The second kappa shape index (κ2) is 10.9. The summed E-state index contributed by atoms with van der Waals surface area (Å²) in [4.78, 5) is 0. The zero-order valence-electron chi connectivity index (χ0n) is 11.5. The molecule has 0 heterocycles. The molecule has 0 bridgehead atoms. The van der Waals surface area contributed by atoms with E-state index in [2.05, 4.69) is 30.9 Å². The zero-order chi connectivity index (χ0) is 12.9. The van der Waals surface area contributed by atoms with Crippen molar-refractivity contribution in [1.82, 2.24) is 0 Å². The van der Waals surface area contributed by atoms with Gasteiger partial charge in [0.15, 0.2) is 0 Å². The third-order valence-electron chi connectivity index (χ3n) is 2.73. The maximum absolute atomic E-state index is 5.62. The molecule has 98 valence electrons. The number of rotatable bonds is 8. The van der Waals surface area contributed by atoms with Crippen molar-refractivity contribution in [1.29, 1.82) is 0 Å². The quantitative estimate of drug-likeness (QED) is 0.481. The van der Waals surface area contributed by atoms with Crippen LogP contribution in [-0.2, 0) is 11.3 Å². The lowest BCUT2D eigenvalue weighted by molar-refractivity contribution is 0.117. The fraction of sp³-hybridized carbons (Fsp3) is 0.529. The van der Waals surface area contributed by atoms with Crippen LogP contribution in [0.2, 0.25) is 0 Å². The van der Waals surface area contributed by atoms with Crippen molar-refractivity contribution in [3.63, 3.8) is 0 Å². The first-order valence-corrected chi connectivity index (χ1v) is 7.01. The van der Waals surface area contributed by atoms with Gasteiger partial charge in [0.25, 0.3) is 0 Å². The summed E-state index contributed by atoms with van der Waals surface area (Å²) in [7, 11) is 0. The summed E-state index contributed by atoms with van der Waals surface area (Å²) in [6.07, 6.45) is 6.79. The summed E-state index contributed by atoms with van der Waals surface area (Å²) in [5, 5.41) is 0. The van der Waals surface area contributed by atoms with Crippen LogP contribution in [-0.4, -0.2) is 6.61 Å². The van der Waals surface area contributed by atoms with E-state index in [9.17, 15) is 0 Å². The van der Waals surface area contributed by atoms with Crippen LogP contribution in [0.25, 0.3) is 0 Å². The molecule has 0 spiro atoms. The molecule has 0 aliphatic rings. The van der Waals surface area contributed by atoms with Gasteiger partial charge in [0.2, 0.25) is 0 Å². The van der Waals surface area contributed by atoms with Crippen molar-refractivity contribution in [3.8, 4) is 11.8 Å². The van der Waals surface area contributed by atoms with Crippen molar-refractivity contribution in [2.24, 2.45) is 0 Å². The number of hydrogen-bond donors (Lipinski definition) is 0. The maximum Gasteiger partial charge on any atom is 0.0716 e. The molecule has 0 N–H and O–H groups in total. The average molecular weight is 244 g/mol. The van der Waals surface area contributed by atoms with Crippen molar-refractivity contribution in [2.45, 2.75) is 52.1 Å². The lowest BCUT2D eigenvalue weighted by atomic mass is 10.2. The second-order valence-corrected chi connectivity index (χ2v) is 4.45. The van der Waals surface area contributed by atoms with E-state index in [1.165, 1.54) is 18.4 Å². The van der Waals surface area contributed by atoms with Gasteiger partial charge in [-0.15, -0.1) is 11.8 Å². The second-order valence-electron chi connectivity index (χ2n) is 4.45. The average Bonchev–Trinajstić information content (AvgIpc) is 2.42. The van der Waals surface area contributed by atoms with Crippen LogP contribution in [0.3, 0.4) is 0 Å². The predicted molar refractivity (Wildman–Crippen MR) is 77.3 cm³/mol. The molecular weight excluding hydrogens is 220 g/mol. The van der Waals surface area contributed by atoms with E-state index in [-0.39, 0.29) is 0 Å². The monoisotopic (exact) mass is 244 g/mol. The molecule has 0 fully saturated rings. The van der Waals surface area contributed by atoms with E-state index in [0.29, 0.717) is 0 Å². The van der Waals surface area contributed by atoms with Gasteiger partial charge < -0.3 is 4.74 Å². The number of ether oxygens (including phenoxy) is 1. The van der Waals surface area contributed by atoms with Crippen LogP contribution in [0.15, 0.2) is 30.3 Å². The molecular formula is C17H24O. The minimum absolute atomic E-state index is 0.725. The van der Waals surface area contributed by atoms with E-state index in [4.69, 9.17) is 4.74 Å². The van der Waals surface area contributed by atoms with Gasteiger partial charge in [-0.25, -0.2) is 0 Å². The van der Waals surface area contributed by atoms with Crippen molar-refractivity contribution >= 4 is 0 Å². The fourth-order valence-electron chi connectivity index (χ4n) is 1.62. The first-order valence-electron chi connectivity index (χ1n) is 7.01. The summed E-state index contributed by atoms with van der Waals surface area (Å²) in [6, 6.07) is 10.3. The summed E-state index contributed by atoms with van der Waals surface area (Å²) in [6.45, 7) is 3.76.